The highest BCUT2D eigenvalue weighted by Crippen LogP contribution is 2.22. The second-order valence-electron chi connectivity index (χ2n) is 4.47. The Morgan fingerprint density at radius 1 is 1.64 bits per heavy atom. The highest BCUT2D eigenvalue weighted by molar-refractivity contribution is 6.69. The van der Waals surface area contributed by atoms with Gasteiger partial charge in [0.15, 0.2) is 14.1 Å². The average molecular weight is 208 g/mol. The minimum absolute atomic E-state index is 0.0301. The summed E-state index contributed by atoms with van der Waals surface area (Å²) in [5.41, 5.74) is 0.746. The van der Waals surface area contributed by atoms with E-state index in [4.69, 9.17) is 10.8 Å². The molecule has 76 valence electrons. The Hall–Kier alpha value is -0.853. The molecule has 0 aromatic carbocycles. The molecule has 0 spiro atoms. The zero-order chi connectivity index (χ0) is 10.8. The summed E-state index contributed by atoms with van der Waals surface area (Å²) < 4.78 is 5.82. The number of hydrogen-bond acceptors (Lipinski definition) is 2. The van der Waals surface area contributed by atoms with E-state index >= 15 is 0 Å². The van der Waals surface area contributed by atoms with E-state index in [2.05, 4.69) is 25.6 Å². The van der Waals surface area contributed by atoms with Gasteiger partial charge in [-0.1, -0.05) is 0 Å². The first-order valence-corrected chi connectivity index (χ1v) is 8.18. The first-order chi connectivity index (χ1) is 6.42. The van der Waals surface area contributed by atoms with Gasteiger partial charge in [-0.2, -0.15) is 0 Å². The van der Waals surface area contributed by atoms with E-state index in [-0.39, 0.29) is 11.9 Å². The highest BCUT2D eigenvalue weighted by atomic mass is 28.4. The van der Waals surface area contributed by atoms with Crippen LogP contribution in [0.3, 0.4) is 0 Å². The van der Waals surface area contributed by atoms with E-state index in [0.717, 1.165) is 5.57 Å². The van der Waals surface area contributed by atoms with E-state index in [1.807, 2.05) is 6.08 Å². The summed E-state index contributed by atoms with van der Waals surface area (Å²) in [6.07, 6.45) is 7.94. The lowest BCUT2D eigenvalue weighted by Gasteiger charge is -2.21. The molecule has 0 saturated carbocycles. The fourth-order valence-corrected chi connectivity index (χ4v) is 2.55. The van der Waals surface area contributed by atoms with Gasteiger partial charge in [0.25, 0.3) is 0 Å². The number of ketones is 1. The van der Waals surface area contributed by atoms with Crippen LogP contribution in [0.5, 0.6) is 0 Å². The SMILES string of the molecule is C#CCC1=C[C@H](O[Si](C)(C)C)CC1=O. The van der Waals surface area contributed by atoms with Crippen LogP contribution in [0, 0.1) is 12.3 Å². The Balaban J connectivity index is 2.62. The first kappa shape index (κ1) is 11.2. The van der Waals surface area contributed by atoms with E-state index < -0.39 is 8.32 Å². The molecule has 1 aliphatic rings. The third-order valence-electron chi connectivity index (χ3n) is 1.93. The second-order valence-corrected chi connectivity index (χ2v) is 8.93. The normalized spacial score (nSPS) is 22.0. The smallest absolute Gasteiger partial charge is 0.184 e. The molecule has 1 rings (SSSR count). The third-order valence-corrected chi connectivity index (χ3v) is 2.94. The molecule has 0 aromatic rings. The van der Waals surface area contributed by atoms with Gasteiger partial charge in [-0.25, -0.2) is 0 Å². The van der Waals surface area contributed by atoms with Crippen LogP contribution in [0.1, 0.15) is 12.8 Å². The molecule has 0 bridgehead atoms. The summed E-state index contributed by atoms with van der Waals surface area (Å²) in [6.45, 7) is 6.35. The van der Waals surface area contributed by atoms with Crippen molar-refractivity contribution >= 4 is 14.1 Å². The molecular formula is C11H16O2Si. The van der Waals surface area contributed by atoms with Gasteiger partial charge in [-0.05, 0) is 25.7 Å². The quantitative estimate of drug-likeness (QED) is 0.524. The molecule has 0 unspecified atom stereocenters. The standard InChI is InChI=1S/C11H16O2Si/c1-5-6-9-7-10(8-11(9)12)13-14(2,3)4/h1,7,10H,6,8H2,2-4H3/t10-/m0/s1. The van der Waals surface area contributed by atoms with Crippen molar-refractivity contribution in [1.82, 2.24) is 0 Å². The maximum absolute atomic E-state index is 11.4. The molecule has 2 nitrogen and oxygen atoms in total. The topological polar surface area (TPSA) is 26.3 Å². The molecule has 14 heavy (non-hydrogen) atoms. The fourth-order valence-electron chi connectivity index (χ4n) is 1.49. The molecule has 0 heterocycles. The Kier molecular flexibility index (Phi) is 3.30. The number of rotatable bonds is 3. The molecule has 3 heteroatoms. The minimum atomic E-state index is -1.55. The Morgan fingerprint density at radius 2 is 2.29 bits per heavy atom. The molecule has 1 atom stereocenters. The Bertz CT molecular complexity index is 304. The van der Waals surface area contributed by atoms with Crippen molar-refractivity contribution in [2.75, 3.05) is 0 Å². The van der Waals surface area contributed by atoms with Gasteiger partial charge in [0.05, 0.1) is 6.10 Å². The van der Waals surface area contributed by atoms with Crippen molar-refractivity contribution in [1.29, 1.82) is 0 Å². The Labute approximate surface area is 86.5 Å². The van der Waals surface area contributed by atoms with E-state index in [9.17, 15) is 4.79 Å². The molecule has 0 fully saturated rings. The number of carbonyl (C=O) groups is 1. The van der Waals surface area contributed by atoms with Crippen LogP contribution in [-0.4, -0.2) is 20.2 Å². The van der Waals surface area contributed by atoms with Crippen LogP contribution in [0.4, 0.5) is 0 Å². The van der Waals surface area contributed by atoms with E-state index in [1.165, 1.54) is 0 Å². The molecule has 0 amide bonds. The number of terminal acetylenes is 1. The van der Waals surface area contributed by atoms with Crippen LogP contribution < -0.4 is 0 Å². The molecule has 0 N–H and O–H groups in total. The summed E-state index contributed by atoms with van der Waals surface area (Å²) in [6, 6.07) is 0. The maximum atomic E-state index is 11.4. The lowest BCUT2D eigenvalue weighted by atomic mass is 10.1. The van der Waals surface area contributed by atoms with Crippen molar-refractivity contribution in [3.63, 3.8) is 0 Å². The largest absolute Gasteiger partial charge is 0.411 e. The molecule has 0 saturated heterocycles. The van der Waals surface area contributed by atoms with E-state index in [0.29, 0.717) is 12.8 Å². The average Bonchev–Trinajstić information content (AvgIpc) is 2.28. The number of Topliss-reactive ketones (excluding diaryl/α,β-unsaturated/α-hetero) is 1. The van der Waals surface area contributed by atoms with Crippen molar-refractivity contribution in [2.24, 2.45) is 0 Å². The summed E-state index contributed by atoms with van der Waals surface area (Å²) in [7, 11) is -1.55. The number of carbonyl (C=O) groups excluding carboxylic acids is 1. The van der Waals surface area contributed by atoms with Crippen molar-refractivity contribution in [3.8, 4) is 12.3 Å². The van der Waals surface area contributed by atoms with Gasteiger partial charge in [0, 0.05) is 18.4 Å². The van der Waals surface area contributed by atoms with Crippen LogP contribution >= 0.6 is 0 Å². The highest BCUT2D eigenvalue weighted by Gasteiger charge is 2.28. The number of hydrogen-bond donors (Lipinski definition) is 0. The summed E-state index contributed by atoms with van der Waals surface area (Å²) in [5.74, 6) is 2.63. The Morgan fingerprint density at radius 3 is 2.79 bits per heavy atom. The predicted molar refractivity (Wildman–Crippen MR) is 59.4 cm³/mol. The first-order valence-electron chi connectivity index (χ1n) is 4.77. The molecule has 0 aliphatic heterocycles. The monoisotopic (exact) mass is 208 g/mol. The molecule has 1 aliphatic carbocycles. The fraction of sp³-hybridized carbons (Fsp3) is 0.545. The van der Waals surface area contributed by atoms with Gasteiger partial charge in [0.2, 0.25) is 0 Å². The zero-order valence-corrected chi connectivity index (χ0v) is 9.96. The zero-order valence-electron chi connectivity index (χ0n) is 8.96. The molecule has 0 aromatic heterocycles. The molecular weight excluding hydrogens is 192 g/mol. The van der Waals surface area contributed by atoms with Crippen LogP contribution in [0.2, 0.25) is 19.6 Å². The minimum Gasteiger partial charge on any atom is -0.411 e. The number of allylic oxidation sites excluding steroid dienone is 1. The van der Waals surface area contributed by atoms with Crippen LogP contribution in [0.15, 0.2) is 11.6 Å². The third kappa shape index (κ3) is 3.13. The maximum Gasteiger partial charge on any atom is 0.184 e. The van der Waals surface area contributed by atoms with Gasteiger partial charge in [-0.15, -0.1) is 12.3 Å². The summed E-state index contributed by atoms with van der Waals surface area (Å²) in [4.78, 5) is 11.4. The summed E-state index contributed by atoms with van der Waals surface area (Å²) in [5, 5.41) is 0. The van der Waals surface area contributed by atoms with Gasteiger partial charge in [-0.3, -0.25) is 4.79 Å². The lowest BCUT2D eigenvalue weighted by molar-refractivity contribution is -0.115. The van der Waals surface area contributed by atoms with Gasteiger partial charge >= 0.3 is 0 Å². The molecule has 0 radical (unpaired) electrons. The van der Waals surface area contributed by atoms with Crippen LogP contribution in [0.25, 0.3) is 0 Å². The predicted octanol–water partition coefficient (Wildman–Crippen LogP) is 2.13. The summed E-state index contributed by atoms with van der Waals surface area (Å²) >= 11 is 0. The van der Waals surface area contributed by atoms with E-state index in [1.54, 1.807) is 0 Å². The van der Waals surface area contributed by atoms with Gasteiger partial charge < -0.3 is 4.43 Å². The van der Waals surface area contributed by atoms with Crippen LogP contribution in [-0.2, 0) is 9.22 Å². The van der Waals surface area contributed by atoms with Gasteiger partial charge in [0.1, 0.15) is 0 Å². The van der Waals surface area contributed by atoms with Crippen molar-refractivity contribution < 1.29 is 9.22 Å². The van der Waals surface area contributed by atoms with Crippen molar-refractivity contribution in [3.05, 3.63) is 11.6 Å². The van der Waals surface area contributed by atoms with Crippen molar-refractivity contribution in [2.45, 2.75) is 38.6 Å². The second kappa shape index (κ2) is 4.12. The lowest BCUT2D eigenvalue weighted by Crippen LogP contribution is -2.30.